The second-order valence-electron chi connectivity index (χ2n) is 4.60. The van der Waals surface area contributed by atoms with Crippen LogP contribution in [0.5, 0.6) is 0 Å². The van der Waals surface area contributed by atoms with Crippen LogP contribution in [0.15, 0.2) is 0 Å². The summed E-state index contributed by atoms with van der Waals surface area (Å²) in [7, 11) is 2.08. The van der Waals surface area contributed by atoms with Crippen molar-refractivity contribution in [3.63, 3.8) is 0 Å². The van der Waals surface area contributed by atoms with Gasteiger partial charge in [0.05, 0.1) is 0 Å². The molecule has 1 rings (SSSR count). The molecule has 2 nitrogen and oxygen atoms in total. The van der Waals surface area contributed by atoms with Crippen LogP contribution in [0.25, 0.3) is 0 Å². The lowest BCUT2D eigenvalue weighted by Gasteiger charge is -2.22. The van der Waals surface area contributed by atoms with Gasteiger partial charge in [0.25, 0.3) is 0 Å². The third-order valence-corrected chi connectivity index (χ3v) is 3.45. The van der Waals surface area contributed by atoms with Gasteiger partial charge in [-0.15, -0.1) is 0 Å². The van der Waals surface area contributed by atoms with Gasteiger partial charge in [-0.05, 0) is 38.8 Å². The van der Waals surface area contributed by atoms with Crippen LogP contribution in [0.4, 0.5) is 0 Å². The van der Waals surface area contributed by atoms with Crippen molar-refractivity contribution in [1.29, 1.82) is 0 Å². The molecule has 1 fully saturated rings. The molecule has 0 aromatic heterocycles. The van der Waals surface area contributed by atoms with Gasteiger partial charge in [0.1, 0.15) is 0 Å². The minimum Gasteiger partial charge on any atom is -0.316 e. The molecule has 14 heavy (non-hydrogen) atoms. The van der Waals surface area contributed by atoms with Crippen LogP contribution in [0.1, 0.15) is 39.5 Å². The van der Waals surface area contributed by atoms with Gasteiger partial charge in [0.2, 0.25) is 0 Å². The summed E-state index contributed by atoms with van der Waals surface area (Å²) in [6, 6.07) is 0.690. The van der Waals surface area contributed by atoms with Crippen LogP contribution < -0.4 is 5.32 Å². The van der Waals surface area contributed by atoms with Crippen molar-refractivity contribution in [2.24, 2.45) is 5.92 Å². The summed E-state index contributed by atoms with van der Waals surface area (Å²) in [5.41, 5.74) is 0. The maximum absolute atomic E-state index is 3.38. The first kappa shape index (κ1) is 12.0. The van der Waals surface area contributed by atoms with Crippen LogP contribution in [0.3, 0.4) is 0 Å². The molecule has 0 saturated carbocycles. The third-order valence-electron chi connectivity index (χ3n) is 3.45. The van der Waals surface area contributed by atoms with Gasteiger partial charge in [-0.2, -0.15) is 0 Å². The van der Waals surface area contributed by atoms with E-state index >= 15 is 0 Å². The zero-order valence-electron chi connectivity index (χ0n) is 10.1. The minimum atomic E-state index is 0.690. The molecule has 1 N–H and O–H groups in total. The van der Waals surface area contributed by atoms with Gasteiger partial charge in [-0.1, -0.05) is 20.3 Å². The zero-order chi connectivity index (χ0) is 10.4. The summed E-state index contributed by atoms with van der Waals surface area (Å²) in [5.74, 6) is 0.981. The Morgan fingerprint density at radius 1 is 1.43 bits per heavy atom. The van der Waals surface area contributed by atoms with Gasteiger partial charge in [-0.25, -0.2) is 0 Å². The average molecular weight is 198 g/mol. The molecule has 2 atom stereocenters. The molecule has 0 aliphatic carbocycles. The van der Waals surface area contributed by atoms with Crippen molar-refractivity contribution in [3.8, 4) is 0 Å². The molecule has 2 heteroatoms. The highest BCUT2D eigenvalue weighted by molar-refractivity contribution is 4.78. The molecule has 84 valence electrons. The summed E-state index contributed by atoms with van der Waals surface area (Å²) in [6.45, 7) is 8.47. The molecular weight excluding hydrogens is 172 g/mol. The lowest BCUT2D eigenvalue weighted by atomic mass is 10.0. The van der Waals surface area contributed by atoms with Crippen molar-refractivity contribution in [3.05, 3.63) is 0 Å². The standard InChI is InChI=1S/C12H26N2/c1-4-6-11-7-8-14(9-11)10-12(5-2)13-3/h11-13H,4-10H2,1-3H3. The van der Waals surface area contributed by atoms with E-state index in [0.717, 1.165) is 5.92 Å². The lowest BCUT2D eigenvalue weighted by Crippen LogP contribution is -2.38. The molecule has 0 radical (unpaired) electrons. The molecule has 0 bridgehead atoms. The quantitative estimate of drug-likeness (QED) is 0.703. The molecule has 1 heterocycles. The summed E-state index contributed by atoms with van der Waals surface area (Å²) in [5, 5.41) is 3.38. The molecule has 2 unspecified atom stereocenters. The minimum absolute atomic E-state index is 0.690. The molecule has 0 aromatic carbocycles. The smallest absolute Gasteiger partial charge is 0.0189 e. The van der Waals surface area contributed by atoms with E-state index in [4.69, 9.17) is 0 Å². The summed E-state index contributed by atoms with van der Waals surface area (Å²) in [6.07, 6.45) is 5.44. The molecule has 1 aliphatic rings. The van der Waals surface area contributed by atoms with E-state index in [2.05, 4.69) is 31.1 Å². The number of likely N-dealkylation sites (N-methyl/N-ethyl adjacent to an activating group) is 1. The Kier molecular flexibility index (Phi) is 5.49. The Balaban J connectivity index is 2.21. The lowest BCUT2D eigenvalue weighted by molar-refractivity contribution is 0.281. The highest BCUT2D eigenvalue weighted by atomic mass is 15.2. The summed E-state index contributed by atoms with van der Waals surface area (Å²) in [4.78, 5) is 2.63. The number of nitrogens with zero attached hydrogens (tertiary/aromatic N) is 1. The van der Waals surface area contributed by atoms with Crippen molar-refractivity contribution < 1.29 is 0 Å². The molecule has 0 amide bonds. The highest BCUT2D eigenvalue weighted by Gasteiger charge is 2.22. The normalized spacial score (nSPS) is 25.5. The number of hydrogen-bond acceptors (Lipinski definition) is 2. The number of likely N-dealkylation sites (tertiary alicyclic amines) is 1. The van der Waals surface area contributed by atoms with Crippen LogP contribution >= 0.6 is 0 Å². The third kappa shape index (κ3) is 3.58. The first-order valence-corrected chi connectivity index (χ1v) is 6.19. The SMILES string of the molecule is CCCC1CCN(CC(CC)NC)C1. The first-order chi connectivity index (χ1) is 6.80. The Bertz CT molecular complexity index is 143. The van der Waals surface area contributed by atoms with Gasteiger partial charge in [0, 0.05) is 19.1 Å². The fourth-order valence-corrected chi connectivity index (χ4v) is 2.46. The van der Waals surface area contributed by atoms with E-state index in [0.29, 0.717) is 6.04 Å². The van der Waals surface area contributed by atoms with Crippen molar-refractivity contribution in [2.45, 2.75) is 45.6 Å². The van der Waals surface area contributed by atoms with Crippen molar-refractivity contribution in [1.82, 2.24) is 10.2 Å². The van der Waals surface area contributed by atoms with Gasteiger partial charge >= 0.3 is 0 Å². The van der Waals surface area contributed by atoms with Crippen molar-refractivity contribution >= 4 is 0 Å². The molecular formula is C12H26N2. The van der Waals surface area contributed by atoms with E-state index in [1.807, 2.05) is 0 Å². The second kappa shape index (κ2) is 6.41. The molecule has 1 aliphatic heterocycles. The second-order valence-corrected chi connectivity index (χ2v) is 4.60. The Morgan fingerprint density at radius 2 is 2.21 bits per heavy atom. The van der Waals surface area contributed by atoms with Gasteiger partial charge in [0.15, 0.2) is 0 Å². The Morgan fingerprint density at radius 3 is 2.79 bits per heavy atom. The predicted molar refractivity (Wildman–Crippen MR) is 62.6 cm³/mol. The highest BCUT2D eigenvalue weighted by Crippen LogP contribution is 2.20. The fourth-order valence-electron chi connectivity index (χ4n) is 2.46. The van der Waals surface area contributed by atoms with E-state index in [1.54, 1.807) is 0 Å². The molecule has 0 aromatic rings. The average Bonchev–Trinajstić information content (AvgIpc) is 2.63. The van der Waals surface area contributed by atoms with E-state index in [9.17, 15) is 0 Å². The molecule has 0 spiro atoms. The predicted octanol–water partition coefficient (Wildman–Crippen LogP) is 2.11. The molecule has 1 saturated heterocycles. The number of rotatable bonds is 6. The van der Waals surface area contributed by atoms with E-state index in [-0.39, 0.29) is 0 Å². The summed E-state index contributed by atoms with van der Waals surface area (Å²) >= 11 is 0. The zero-order valence-corrected chi connectivity index (χ0v) is 10.1. The van der Waals surface area contributed by atoms with E-state index < -0.39 is 0 Å². The van der Waals surface area contributed by atoms with Gasteiger partial charge in [-0.3, -0.25) is 0 Å². The first-order valence-electron chi connectivity index (χ1n) is 6.19. The Hall–Kier alpha value is -0.0800. The number of nitrogens with one attached hydrogen (secondary N) is 1. The summed E-state index contributed by atoms with van der Waals surface area (Å²) < 4.78 is 0. The Labute approximate surface area is 89.1 Å². The van der Waals surface area contributed by atoms with Crippen LogP contribution in [0.2, 0.25) is 0 Å². The topological polar surface area (TPSA) is 15.3 Å². The van der Waals surface area contributed by atoms with Gasteiger partial charge < -0.3 is 10.2 Å². The maximum atomic E-state index is 3.38. The fraction of sp³-hybridized carbons (Fsp3) is 1.00. The number of hydrogen-bond donors (Lipinski definition) is 1. The largest absolute Gasteiger partial charge is 0.316 e. The van der Waals surface area contributed by atoms with E-state index in [1.165, 1.54) is 45.3 Å². The monoisotopic (exact) mass is 198 g/mol. The van der Waals surface area contributed by atoms with Crippen LogP contribution in [0, 0.1) is 5.92 Å². The van der Waals surface area contributed by atoms with Crippen LogP contribution in [-0.4, -0.2) is 37.6 Å². The maximum Gasteiger partial charge on any atom is 0.0189 e. The van der Waals surface area contributed by atoms with Crippen LogP contribution in [-0.2, 0) is 0 Å². The van der Waals surface area contributed by atoms with Crippen molar-refractivity contribution in [2.75, 3.05) is 26.7 Å².